The Labute approximate surface area is 167 Å². The van der Waals surface area contributed by atoms with Crippen LogP contribution >= 0.6 is 0 Å². The lowest BCUT2D eigenvalue weighted by Crippen LogP contribution is -2.35. The zero-order valence-electron chi connectivity index (χ0n) is 17.1. The quantitative estimate of drug-likeness (QED) is 0.372. The number of carbonyl (C=O) groups is 1. The fourth-order valence-electron chi connectivity index (χ4n) is 4.63. The molecule has 154 valence electrons. The molecule has 1 aromatic carbocycles. The molecular formula is C22H32N2O4. The molecule has 0 heterocycles. The zero-order chi connectivity index (χ0) is 20.3. The number of ether oxygens (including phenoxy) is 1. The molecule has 2 aliphatic carbocycles. The number of esters is 1. The maximum atomic E-state index is 11.9. The summed E-state index contributed by atoms with van der Waals surface area (Å²) in [4.78, 5) is 23.3. The first-order valence-corrected chi connectivity index (χ1v) is 10.6. The lowest BCUT2D eigenvalue weighted by molar-refractivity contribution is -0.384. The van der Waals surface area contributed by atoms with E-state index in [0.717, 1.165) is 5.56 Å². The Morgan fingerprint density at radius 1 is 1.29 bits per heavy atom. The first-order valence-electron chi connectivity index (χ1n) is 10.6. The van der Waals surface area contributed by atoms with E-state index in [4.69, 9.17) is 4.74 Å². The van der Waals surface area contributed by atoms with Crippen LogP contribution in [0.4, 0.5) is 11.4 Å². The van der Waals surface area contributed by atoms with Crippen molar-refractivity contribution in [1.82, 2.24) is 0 Å². The van der Waals surface area contributed by atoms with E-state index in [0.29, 0.717) is 30.6 Å². The van der Waals surface area contributed by atoms with E-state index in [9.17, 15) is 14.9 Å². The first kappa shape index (κ1) is 20.6. The van der Waals surface area contributed by atoms with Crippen molar-refractivity contribution in [3.05, 3.63) is 33.9 Å². The van der Waals surface area contributed by atoms with Gasteiger partial charge in [-0.3, -0.25) is 14.9 Å². The van der Waals surface area contributed by atoms with Crippen LogP contribution in [0.15, 0.2) is 18.2 Å². The van der Waals surface area contributed by atoms with Gasteiger partial charge in [0.05, 0.1) is 17.4 Å². The fraction of sp³-hybridized carbons (Fsp3) is 0.682. The summed E-state index contributed by atoms with van der Waals surface area (Å²) in [5.41, 5.74) is 1.55. The van der Waals surface area contributed by atoms with Crippen molar-refractivity contribution in [3.63, 3.8) is 0 Å². The molecule has 2 saturated carbocycles. The van der Waals surface area contributed by atoms with Gasteiger partial charge in [0.25, 0.3) is 5.69 Å². The van der Waals surface area contributed by atoms with E-state index < -0.39 is 0 Å². The number of hydrogen-bond donors (Lipinski definition) is 1. The van der Waals surface area contributed by atoms with Crippen LogP contribution in [0.5, 0.6) is 0 Å². The number of anilines is 1. The van der Waals surface area contributed by atoms with Crippen LogP contribution < -0.4 is 5.32 Å². The molecule has 0 saturated heterocycles. The maximum Gasteiger partial charge on any atom is 0.309 e. The van der Waals surface area contributed by atoms with Gasteiger partial charge in [0.2, 0.25) is 0 Å². The zero-order valence-corrected chi connectivity index (χ0v) is 17.1. The SMILES string of the molecule is CCOC(=O)C1CC1c1ccc(NC(C(C)C)C2CCCCC2)c([N+](=O)[O-])c1. The average molecular weight is 389 g/mol. The second kappa shape index (κ2) is 8.93. The highest BCUT2D eigenvalue weighted by atomic mass is 16.6. The van der Waals surface area contributed by atoms with Crippen LogP contribution in [0.25, 0.3) is 0 Å². The number of nitro benzene ring substituents is 1. The third-order valence-corrected chi connectivity index (χ3v) is 6.22. The highest BCUT2D eigenvalue weighted by Crippen LogP contribution is 2.49. The number of nitrogens with zero attached hydrogens (tertiary/aromatic N) is 1. The summed E-state index contributed by atoms with van der Waals surface area (Å²) >= 11 is 0. The molecule has 6 heteroatoms. The Balaban J connectivity index is 1.77. The van der Waals surface area contributed by atoms with E-state index >= 15 is 0 Å². The van der Waals surface area contributed by atoms with Crippen LogP contribution in [0.3, 0.4) is 0 Å². The molecule has 0 spiro atoms. The van der Waals surface area contributed by atoms with Crippen LogP contribution in [-0.4, -0.2) is 23.5 Å². The van der Waals surface area contributed by atoms with Crippen molar-refractivity contribution in [2.75, 3.05) is 11.9 Å². The molecule has 2 aliphatic rings. The van der Waals surface area contributed by atoms with Crippen LogP contribution in [0, 0.1) is 27.9 Å². The Kier molecular flexibility index (Phi) is 6.57. The molecule has 0 amide bonds. The van der Waals surface area contributed by atoms with Gasteiger partial charge in [-0.2, -0.15) is 0 Å². The highest BCUT2D eigenvalue weighted by Gasteiger charge is 2.45. The summed E-state index contributed by atoms with van der Waals surface area (Å²) in [6.45, 7) is 6.52. The molecule has 1 N–H and O–H groups in total. The summed E-state index contributed by atoms with van der Waals surface area (Å²) in [5.74, 6) is 0.633. The molecule has 3 rings (SSSR count). The van der Waals surface area contributed by atoms with Gasteiger partial charge in [-0.25, -0.2) is 0 Å². The Hall–Kier alpha value is -2.11. The van der Waals surface area contributed by atoms with Crippen molar-refractivity contribution >= 4 is 17.3 Å². The molecule has 28 heavy (non-hydrogen) atoms. The minimum atomic E-state index is -0.314. The van der Waals surface area contributed by atoms with Gasteiger partial charge >= 0.3 is 5.97 Å². The Morgan fingerprint density at radius 2 is 2.00 bits per heavy atom. The molecule has 0 bridgehead atoms. The normalized spacial score (nSPS) is 23.3. The summed E-state index contributed by atoms with van der Waals surface area (Å²) in [6.07, 6.45) is 6.86. The van der Waals surface area contributed by atoms with Gasteiger partial charge in [-0.05, 0) is 55.6 Å². The molecule has 1 aromatic rings. The molecule has 0 aromatic heterocycles. The summed E-state index contributed by atoms with van der Waals surface area (Å²) in [7, 11) is 0. The van der Waals surface area contributed by atoms with E-state index in [1.54, 1.807) is 13.0 Å². The first-order chi connectivity index (χ1) is 13.4. The van der Waals surface area contributed by atoms with E-state index in [2.05, 4.69) is 19.2 Å². The molecule has 3 atom stereocenters. The van der Waals surface area contributed by atoms with E-state index in [1.807, 2.05) is 12.1 Å². The molecule has 0 aliphatic heterocycles. The van der Waals surface area contributed by atoms with E-state index in [-0.39, 0.29) is 34.5 Å². The monoisotopic (exact) mass is 388 g/mol. The maximum absolute atomic E-state index is 11.9. The lowest BCUT2D eigenvalue weighted by Gasteiger charge is -2.34. The van der Waals surface area contributed by atoms with Crippen LogP contribution in [0.1, 0.15) is 70.8 Å². The predicted molar refractivity (Wildman–Crippen MR) is 109 cm³/mol. The average Bonchev–Trinajstić information content (AvgIpc) is 3.47. The van der Waals surface area contributed by atoms with Crippen molar-refractivity contribution in [3.8, 4) is 0 Å². The van der Waals surface area contributed by atoms with E-state index in [1.165, 1.54) is 32.1 Å². The van der Waals surface area contributed by atoms with Gasteiger partial charge in [-0.1, -0.05) is 39.2 Å². The molecule has 3 unspecified atom stereocenters. The van der Waals surface area contributed by atoms with Crippen LogP contribution in [0.2, 0.25) is 0 Å². The molecular weight excluding hydrogens is 356 g/mol. The second-order valence-corrected chi connectivity index (χ2v) is 8.55. The van der Waals surface area contributed by atoms with Crippen molar-refractivity contribution in [2.45, 2.75) is 71.3 Å². The largest absolute Gasteiger partial charge is 0.466 e. The number of rotatable bonds is 8. The third kappa shape index (κ3) is 4.65. The fourth-order valence-corrected chi connectivity index (χ4v) is 4.63. The minimum Gasteiger partial charge on any atom is -0.466 e. The van der Waals surface area contributed by atoms with Gasteiger partial charge in [0.1, 0.15) is 5.69 Å². The standard InChI is InChI=1S/C22H32N2O4/c1-4-28-22(25)18-13-17(18)16-10-11-19(20(12-16)24(26)27)23-21(14(2)3)15-8-6-5-7-9-15/h10-12,14-15,17-18,21,23H,4-9,13H2,1-3H3. The Morgan fingerprint density at radius 3 is 2.61 bits per heavy atom. The van der Waals surface area contributed by atoms with Crippen molar-refractivity contribution in [1.29, 1.82) is 0 Å². The number of hydrogen-bond acceptors (Lipinski definition) is 5. The lowest BCUT2D eigenvalue weighted by atomic mass is 9.79. The number of benzene rings is 1. The molecule has 2 fully saturated rings. The van der Waals surface area contributed by atoms with Crippen molar-refractivity contribution in [2.24, 2.45) is 17.8 Å². The summed E-state index contributed by atoms with van der Waals surface area (Å²) < 4.78 is 5.08. The van der Waals surface area contributed by atoms with Gasteiger partial charge in [0.15, 0.2) is 0 Å². The topological polar surface area (TPSA) is 81.5 Å². The summed E-state index contributed by atoms with van der Waals surface area (Å²) in [5, 5.41) is 15.2. The predicted octanol–water partition coefficient (Wildman–Crippen LogP) is 5.28. The number of nitrogens with one attached hydrogen (secondary N) is 1. The van der Waals surface area contributed by atoms with Crippen molar-refractivity contribution < 1.29 is 14.5 Å². The van der Waals surface area contributed by atoms with Gasteiger partial charge in [-0.15, -0.1) is 0 Å². The minimum absolute atomic E-state index is 0.0334. The van der Waals surface area contributed by atoms with Gasteiger partial charge in [0, 0.05) is 12.1 Å². The smallest absolute Gasteiger partial charge is 0.309 e. The third-order valence-electron chi connectivity index (χ3n) is 6.22. The summed E-state index contributed by atoms with van der Waals surface area (Å²) in [6, 6.07) is 5.63. The highest BCUT2D eigenvalue weighted by molar-refractivity contribution is 5.78. The van der Waals surface area contributed by atoms with Gasteiger partial charge < -0.3 is 10.1 Å². The Bertz CT molecular complexity index is 712. The molecule has 6 nitrogen and oxygen atoms in total. The number of nitro groups is 1. The second-order valence-electron chi connectivity index (χ2n) is 8.55. The van der Waals surface area contributed by atoms with Crippen LogP contribution in [-0.2, 0) is 9.53 Å². The number of carbonyl (C=O) groups excluding carboxylic acids is 1. The molecule has 0 radical (unpaired) electrons.